The molecule has 0 saturated heterocycles. The van der Waals surface area contributed by atoms with Gasteiger partial charge in [0.05, 0.1) is 7.11 Å². The van der Waals surface area contributed by atoms with Gasteiger partial charge in [-0.05, 0) is 29.8 Å². The molecule has 1 N–H and O–H groups in total. The normalized spacial score (nSPS) is 11.9. The van der Waals surface area contributed by atoms with Crippen LogP contribution in [0.1, 0.15) is 22.0 Å². The first-order valence-electron chi connectivity index (χ1n) is 5.48. The van der Waals surface area contributed by atoms with E-state index in [-0.39, 0.29) is 5.78 Å². The van der Waals surface area contributed by atoms with E-state index in [1.807, 2.05) is 0 Å². The zero-order valence-electron chi connectivity index (χ0n) is 9.91. The van der Waals surface area contributed by atoms with Gasteiger partial charge in [-0.3, -0.25) is 9.78 Å². The first-order valence-corrected chi connectivity index (χ1v) is 5.48. The molecule has 1 unspecified atom stereocenters. The van der Waals surface area contributed by atoms with Gasteiger partial charge in [0.1, 0.15) is 11.9 Å². The maximum absolute atomic E-state index is 12.1. The molecule has 0 bridgehead atoms. The number of aliphatic hydroxyl groups is 1. The molecule has 0 saturated carbocycles. The topological polar surface area (TPSA) is 59.4 Å². The Kier molecular flexibility index (Phi) is 3.69. The average Bonchev–Trinajstić information content (AvgIpc) is 2.46. The SMILES string of the molecule is COc1cccc(C(=O)C(O)c2ccncc2)c1. The van der Waals surface area contributed by atoms with Crippen molar-refractivity contribution in [2.24, 2.45) is 0 Å². The van der Waals surface area contributed by atoms with Crippen molar-refractivity contribution in [1.82, 2.24) is 4.98 Å². The molecule has 2 aromatic rings. The summed E-state index contributed by atoms with van der Waals surface area (Å²) in [5.41, 5.74) is 0.941. The van der Waals surface area contributed by atoms with E-state index in [9.17, 15) is 9.90 Å². The number of rotatable bonds is 4. The number of ketones is 1. The fourth-order valence-electron chi connectivity index (χ4n) is 1.63. The first kappa shape index (κ1) is 12.3. The fraction of sp³-hybridized carbons (Fsp3) is 0.143. The summed E-state index contributed by atoms with van der Waals surface area (Å²) in [4.78, 5) is 15.9. The lowest BCUT2D eigenvalue weighted by Crippen LogP contribution is -2.12. The van der Waals surface area contributed by atoms with Crippen LogP contribution in [0.3, 0.4) is 0 Å². The van der Waals surface area contributed by atoms with Gasteiger partial charge in [0, 0.05) is 18.0 Å². The Bertz CT molecular complexity index is 540. The van der Waals surface area contributed by atoms with Crippen LogP contribution >= 0.6 is 0 Å². The van der Waals surface area contributed by atoms with Gasteiger partial charge in [-0.25, -0.2) is 0 Å². The summed E-state index contributed by atoms with van der Waals surface area (Å²) in [6.45, 7) is 0. The van der Waals surface area contributed by atoms with Gasteiger partial charge >= 0.3 is 0 Å². The second-order valence-corrected chi connectivity index (χ2v) is 3.78. The van der Waals surface area contributed by atoms with Crippen molar-refractivity contribution in [1.29, 1.82) is 0 Å². The van der Waals surface area contributed by atoms with E-state index in [4.69, 9.17) is 4.74 Å². The Labute approximate surface area is 105 Å². The Morgan fingerprint density at radius 3 is 2.67 bits per heavy atom. The highest BCUT2D eigenvalue weighted by Gasteiger charge is 2.19. The summed E-state index contributed by atoms with van der Waals surface area (Å²) in [7, 11) is 1.53. The van der Waals surface area contributed by atoms with Gasteiger partial charge < -0.3 is 9.84 Å². The van der Waals surface area contributed by atoms with Gasteiger partial charge in [0.2, 0.25) is 0 Å². The highest BCUT2D eigenvalue weighted by Crippen LogP contribution is 2.20. The predicted molar refractivity (Wildman–Crippen MR) is 66.5 cm³/mol. The Hall–Kier alpha value is -2.20. The molecule has 0 radical (unpaired) electrons. The van der Waals surface area contributed by atoms with Gasteiger partial charge in [0.25, 0.3) is 0 Å². The number of benzene rings is 1. The number of pyridine rings is 1. The number of nitrogens with zero attached hydrogens (tertiary/aromatic N) is 1. The summed E-state index contributed by atoms with van der Waals surface area (Å²) in [6.07, 6.45) is 1.90. The second-order valence-electron chi connectivity index (χ2n) is 3.78. The number of hydrogen-bond acceptors (Lipinski definition) is 4. The molecule has 2 rings (SSSR count). The van der Waals surface area contributed by atoms with Crippen LogP contribution in [0, 0.1) is 0 Å². The van der Waals surface area contributed by atoms with Crippen LogP contribution in [0.15, 0.2) is 48.8 Å². The highest BCUT2D eigenvalue weighted by atomic mass is 16.5. The van der Waals surface area contributed by atoms with E-state index >= 15 is 0 Å². The summed E-state index contributed by atoms with van der Waals surface area (Å²) in [5.74, 6) is 0.225. The van der Waals surface area contributed by atoms with Crippen LogP contribution in [-0.4, -0.2) is 23.0 Å². The second kappa shape index (κ2) is 5.42. The summed E-state index contributed by atoms with van der Waals surface area (Å²) in [6, 6.07) is 9.94. The fourth-order valence-corrected chi connectivity index (χ4v) is 1.63. The molecule has 0 aliphatic heterocycles. The lowest BCUT2D eigenvalue weighted by atomic mass is 10.0. The van der Waals surface area contributed by atoms with E-state index in [1.165, 1.54) is 19.5 Å². The van der Waals surface area contributed by atoms with E-state index in [2.05, 4.69) is 4.98 Å². The van der Waals surface area contributed by atoms with Crippen LogP contribution < -0.4 is 4.74 Å². The van der Waals surface area contributed by atoms with Gasteiger partial charge in [-0.2, -0.15) is 0 Å². The Balaban J connectivity index is 2.25. The third-order valence-corrected chi connectivity index (χ3v) is 2.62. The molecule has 1 aromatic carbocycles. The van der Waals surface area contributed by atoms with Gasteiger partial charge in [-0.15, -0.1) is 0 Å². The molecule has 18 heavy (non-hydrogen) atoms. The third kappa shape index (κ3) is 2.55. The predicted octanol–water partition coefficient (Wildman–Crippen LogP) is 2.01. The standard InChI is InChI=1S/C14H13NO3/c1-18-12-4-2-3-11(9-12)14(17)13(16)10-5-7-15-8-6-10/h2-9,13,16H,1H3. The smallest absolute Gasteiger partial charge is 0.195 e. The molecule has 0 aliphatic carbocycles. The van der Waals surface area contributed by atoms with Gasteiger partial charge in [-0.1, -0.05) is 12.1 Å². The minimum atomic E-state index is -1.18. The number of ether oxygens (including phenoxy) is 1. The molecule has 1 heterocycles. The number of carbonyl (C=O) groups excluding carboxylic acids is 1. The van der Waals surface area contributed by atoms with E-state index in [1.54, 1.807) is 36.4 Å². The van der Waals surface area contributed by atoms with Crippen LogP contribution in [0.25, 0.3) is 0 Å². The maximum atomic E-state index is 12.1. The van der Waals surface area contributed by atoms with Crippen molar-refractivity contribution in [3.8, 4) is 5.75 Å². The van der Waals surface area contributed by atoms with Crippen molar-refractivity contribution >= 4 is 5.78 Å². The molecule has 0 amide bonds. The molecular weight excluding hydrogens is 230 g/mol. The lowest BCUT2D eigenvalue weighted by Gasteiger charge is -2.10. The van der Waals surface area contributed by atoms with Crippen molar-refractivity contribution in [3.63, 3.8) is 0 Å². The third-order valence-electron chi connectivity index (χ3n) is 2.62. The number of carbonyl (C=O) groups is 1. The van der Waals surface area contributed by atoms with Gasteiger partial charge in [0.15, 0.2) is 5.78 Å². The lowest BCUT2D eigenvalue weighted by molar-refractivity contribution is 0.0747. The minimum Gasteiger partial charge on any atom is -0.497 e. The summed E-state index contributed by atoms with van der Waals surface area (Å²) >= 11 is 0. The molecule has 0 fully saturated rings. The molecule has 0 spiro atoms. The summed E-state index contributed by atoms with van der Waals surface area (Å²) < 4.78 is 5.05. The highest BCUT2D eigenvalue weighted by molar-refractivity contribution is 6.00. The molecule has 0 aliphatic rings. The number of aliphatic hydroxyl groups excluding tert-OH is 1. The molecule has 1 aromatic heterocycles. The molecule has 4 nitrogen and oxygen atoms in total. The number of Topliss-reactive ketones (excluding diaryl/α,β-unsaturated/α-hetero) is 1. The number of aromatic nitrogens is 1. The molecule has 1 atom stereocenters. The number of methoxy groups -OCH3 is 1. The number of hydrogen-bond donors (Lipinski definition) is 1. The first-order chi connectivity index (χ1) is 8.72. The van der Waals surface area contributed by atoms with E-state index in [0.29, 0.717) is 16.9 Å². The van der Waals surface area contributed by atoms with Crippen molar-refractivity contribution in [2.75, 3.05) is 7.11 Å². The van der Waals surface area contributed by atoms with E-state index in [0.717, 1.165) is 0 Å². The summed E-state index contributed by atoms with van der Waals surface area (Å²) in [5, 5.41) is 9.99. The molecule has 4 heteroatoms. The average molecular weight is 243 g/mol. The van der Waals surface area contributed by atoms with Crippen LogP contribution in [0.2, 0.25) is 0 Å². The largest absolute Gasteiger partial charge is 0.497 e. The monoisotopic (exact) mass is 243 g/mol. The zero-order valence-corrected chi connectivity index (χ0v) is 9.91. The Morgan fingerprint density at radius 1 is 1.28 bits per heavy atom. The Morgan fingerprint density at radius 2 is 2.00 bits per heavy atom. The van der Waals surface area contributed by atoms with Crippen LogP contribution in [0.5, 0.6) is 5.75 Å². The minimum absolute atomic E-state index is 0.361. The van der Waals surface area contributed by atoms with E-state index < -0.39 is 6.10 Å². The molecular formula is C14H13NO3. The zero-order chi connectivity index (χ0) is 13.0. The van der Waals surface area contributed by atoms with Crippen molar-refractivity contribution in [2.45, 2.75) is 6.10 Å². The van der Waals surface area contributed by atoms with Crippen LogP contribution in [0.4, 0.5) is 0 Å². The quantitative estimate of drug-likeness (QED) is 0.834. The van der Waals surface area contributed by atoms with Crippen molar-refractivity contribution < 1.29 is 14.6 Å². The molecule has 92 valence electrons. The van der Waals surface area contributed by atoms with Crippen molar-refractivity contribution in [3.05, 3.63) is 59.9 Å². The maximum Gasteiger partial charge on any atom is 0.195 e. The van der Waals surface area contributed by atoms with Crippen LogP contribution in [-0.2, 0) is 0 Å².